The number of hydrogen-bond donors (Lipinski definition) is 1. The van der Waals surface area contributed by atoms with E-state index in [0.717, 1.165) is 33.5 Å². The highest BCUT2D eigenvalue weighted by atomic mass is 35.5. The first kappa shape index (κ1) is 27.3. The third kappa shape index (κ3) is 5.96. The van der Waals surface area contributed by atoms with Gasteiger partial charge >= 0.3 is 0 Å². The van der Waals surface area contributed by atoms with Gasteiger partial charge in [-0.3, -0.25) is 4.79 Å². The summed E-state index contributed by atoms with van der Waals surface area (Å²) in [7, 11) is 1.94. The second-order valence-electron chi connectivity index (χ2n) is 9.54. The number of amides is 1. The zero-order chi connectivity index (χ0) is 28.2. The van der Waals surface area contributed by atoms with Gasteiger partial charge < -0.3 is 14.6 Å². The van der Waals surface area contributed by atoms with E-state index in [1.165, 1.54) is 0 Å². The van der Waals surface area contributed by atoms with Crippen molar-refractivity contribution in [2.75, 3.05) is 5.32 Å². The van der Waals surface area contributed by atoms with Crippen LogP contribution in [-0.2, 0) is 31.3 Å². The van der Waals surface area contributed by atoms with Crippen molar-refractivity contribution in [3.05, 3.63) is 123 Å². The van der Waals surface area contributed by atoms with Crippen molar-refractivity contribution in [1.82, 2.24) is 9.55 Å². The monoisotopic (exact) mass is 568 g/mol. The Morgan fingerprint density at radius 3 is 2.55 bits per heavy atom. The number of carbonyl (C=O) groups excluding carboxylic acids is 1. The van der Waals surface area contributed by atoms with E-state index >= 15 is 0 Å². The van der Waals surface area contributed by atoms with Crippen molar-refractivity contribution < 1.29 is 9.53 Å². The summed E-state index contributed by atoms with van der Waals surface area (Å²) in [6, 6.07) is 26.7. The van der Waals surface area contributed by atoms with E-state index in [-0.39, 0.29) is 18.9 Å². The molecular formula is C32H26Cl2N4O2. The number of anilines is 1. The fourth-order valence-electron chi connectivity index (χ4n) is 4.53. The number of pyridine rings is 1. The van der Waals surface area contributed by atoms with E-state index in [1.807, 2.05) is 85.3 Å². The molecule has 0 spiro atoms. The van der Waals surface area contributed by atoms with E-state index in [1.54, 1.807) is 12.1 Å². The van der Waals surface area contributed by atoms with Crippen LogP contribution < -0.4 is 10.1 Å². The van der Waals surface area contributed by atoms with Gasteiger partial charge in [0.2, 0.25) is 5.91 Å². The molecule has 6 nitrogen and oxygen atoms in total. The van der Waals surface area contributed by atoms with Gasteiger partial charge in [-0.2, -0.15) is 5.26 Å². The molecule has 0 saturated carbocycles. The molecule has 40 heavy (non-hydrogen) atoms. The molecule has 0 aliphatic heterocycles. The molecule has 0 aliphatic rings. The summed E-state index contributed by atoms with van der Waals surface area (Å²) >= 11 is 13.2. The Balaban J connectivity index is 1.27. The molecule has 0 radical (unpaired) electrons. The minimum atomic E-state index is -0.198. The van der Waals surface area contributed by atoms with Gasteiger partial charge in [0, 0.05) is 46.5 Å². The topological polar surface area (TPSA) is 79.9 Å². The molecule has 0 saturated heterocycles. The van der Waals surface area contributed by atoms with E-state index in [9.17, 15) is 4.79 Å². The van der Waals surface area contributed by atoms with Crippen molar-refractivity contribution in [3.63, 3.8) is 0 Å². The summed E-state index contributed by atoms with van der Waals surface area (Å²) in [4.78, 5) is 17.6. The smallest absolute Gasteiger partial charge is 0.230 e. The number of benzene rings is 3. The number of hydrogen-bond acceptors (Lipinski definition) is 4. The molecule has 0 fully saturated rings. The van der Waals surface area contributed by atoms with Crippen LogP contribution >= 0.6 is 23.2 Å². The second kappa shape index (κ2) is 11.8. The Morgan fingerprint density at radius 1 is 1.00 bits per heavy atom. The highest BCUT2D eigenvalue weighted by Gasteiger charge is 2.16. The maximum Gasteiger partial charge on any atom is 0.230 e. The lowest BCUT2D eigenvalue weighted by Crippen LogP contribution is -2.17. The minimum absolute atomic E-state index is 0.118. The summed E-state index contributed by atoms with van der Waals surface area (Å²) in [5.74, 6) is 0.430. The van der Waals surface area contributed by atoms with Crippen LogP contribution in [0.3, 0.4) is 0 Å². The summed E-state index contributed by atoms with van der Waals surface area (Å²) in [5.41, 5.74) is 6.35. The van der Waals surface area contributed by atoms with Gasteiger partial charge in [0.1, 0.15) is 17.9 Å². The van der Waals surface area contributed by atoms with E-state index < -0.39 is 0 Å². The quantitative estimate of drug-likeness (QED) is 0.211. The van der Waals surface area contributed by atoms with Crippen LogP contribution in [0, 0.1) is 18.3 Å². The lowest BCUT2D eigenvalue weighted by atomic mass is 10.1. The number of fused-ring (bicyclic) bond motifs is 1. The number of halogens is 2. The van der Waals surface area contributed by atoms with Gasteiger partial charge in [-0.25, -0.2) is 4.98 Å². The van der Waals surface area contributed by atoms with Gasteiger partial charge in [-0.05, 0) is 61.0 Å². The molecule has 0 bridgehead atoms. The molecule has 0 aliphatic carbocycles. The average molecular weight is 569 g/mol. The van der Waals surface area contributed by atoms with Crippen molar-refractivity contribution in [2.45, 2.75) is 26.4 Å². The fraction of sp³-hybridized carbons (Fsp3) is 0.156. The van der Waals surface area contributed by atoms with E-state index in [0.29, 0.717) is 39.0 Å². The first-order valence-electron chi connectivity index (χ1n) is 12.7. The van der Waals surface area contributed by atoms with Gasteiger partial charge in [0.25, 0.3) is 0 Å². The van der Waals surface area contributed by atoms with Crippen molar-refractivity contribution >= 4 is 45.7 Å². The molecule has 8 heteroatoms. The molecule has 1 N–H and O–H groups in total. The standard InChI is InChI=1S/C32H26Cl2N4O2/c1-20-6-11-23-4-3-5-29(32(23)36-20)40-19-26-27(33)14-15-28(31(26)34)37-30(39)17-25-13-12-24(38(25)2)16-21-7-9-22(18-35)10-8-21/h3-15H,16-17,19H2,1-2H3,(H,37,39). The van der Waals surface area contributed by atoms with Crippen LogP contribution in [0.15, 0.2) is 78.9 Å². The zero-order valence-corrected chi connectivity index (χ0v) is 23.6. The normalized spacial score (nSPS) is 10.9. The average Bonchev–Trinajstić information content (AvgIpc) is 3.28. The highest BCUT2D eigenvalue weighted by Crippen LogP contribution is 2.34. The third-order valence-corrected chi connectivity index (χ3v) is 7.58. The molecule has 0 unspecified atom stereocenters. The number of nitriles is 1. The number of carbonyl (C=O) groups is 1. The molecule has 1 amide bonds. The summed E-state index contributed by atoms with van der Waals surface area (Å²) in [5, 5.41) is 13.7. The van der Waals surface area contributed by atoms with Gasteiger partial charge in [-0.1, -0.05) is 53.5 Å². The minimum Gasteiger partial charge on any atom is -0.487 e. The molecule has 5 aromatic rings. The molecule has 200 valence electrons. The molecular weight excluding hydrogens is 543 g/mol. The number of aryl methyl sites for hydroxylation is 1. The Hall–Kier alpha value is -4.31. The maximum atomic E-state index is 13.0. The van der Waals surface area contributed by atoms with Crippen LogP contribution in [-0.4, -0.2) is 15.5 Å². The summed E-state index contributed by atoms with van der Waals surface area (Å²) in [6.45, 7) is 2.05. The van der Waals surface area contributed by atoms with Crippen molar-refractivity contribution in [2.24, 2.45) is 7.05 Å². The van der Waals surface area contributed by atoms with Gasteiger partial charge in [0.15, 0.2) is 0 Å². The lowest BCUT2D eigenvalue weighted by Gasteiger charge is -2.15. The molecule has 5 rings (SSSR count). The SMILES string of the molecule is Cc1ccc2cccc(OCc3c(Cl)ccc(NC(=O)Cc4ccc(Cc5ccc(C#N)cc5)n4C)c3Cl)c2n1. The number of para-hydroxylation sites is 1. The van der Waals surface area contributed by atoms with Crippen LogP contribution in [0.2, 0.25) is 10.0 Å². The second-order valence-corrected chi connectivity index (χ2v) is 10.3. The predicted octanol–water partition coefficient (Wildman–Crippen LogP) is 7.41. The van der Waals surface area contributed by atoms with Crippen LogP contribution in [0.25, 0.3) is 10.9 Å². The first-order valence-corrected chi connectivity index (χ1v) is 13.5. The largest absolute Gasteiger partial charge is 0.487 e. The Kier molecular flexibility index (Phi) is 8.06. The molecule has 3 aromatic carbocycles. The summed E-state index contributed by atoms with van der Waals surface area (Å²) < 4.78 is 8.11. The molecule has 0 atom stereocenters. The van der Waals surface area contributed by atoms with Crippen LogP contribution in [0.5, 0.6) is 5.75 Å². The van der Waals surface area contributed by atoms with Crippen LogP contribution in [0.1, 0.15) is 33.8 Å². The predicted molar refractivity (Wildman–Crippen MR) is 159 cm³/mol. The number of rotatable bonds is 8. The Labute approximate surface area is 242 Å². The molecule has 2 heterocycles. The van der Waals surface area contributed by atoms with Crippen molar-refractivity contribution in [1.29, 1.82) is 5.26 Å². The summed E-state index contributed by atoms with van der Waals surface area (Å²) in [6.07, 6.45) is 0.873. The number of nitrogens with one attached hydrogen (secondary N) is 1. The van der Waals surface area contributed by atoms with E-state index in [4.69, 9.17) is 33.2 Å². The Morgan fingerprint density at radius 2 is 1.77 bits per heavy atom. The van der Waals surface area contributed by atoms with Crippen molar-refractivity contribution in [3.8, 4) is 11.8 Å². The van der Waals surface area contributed by atoms with Crippen LogP contribution in [0.4, 0.5) is 5.69 Å². The number of nitrogens with zero attached hydrogens (tertiary/aromatic N) is 3. The number of ether oxygens (including phenoxy) is 1. The highest BCUT2D eigenvalue weighted by molar-refractivity contribution is 6.38. The maximum absolute atomic E-state index is 13.0. The fourth-order valence-corrected chi connectivity index (χ4v) is 5.06. The number of aromatic nitrogens is 2. The van der Waals surface area contributed by atoms with E-state index in [2.05, 4.69) is 16.4 Å². The molecule has 2 aromatic heterocycles. The Bertz CT molecular complexity index is 1750. The lowest BCUT2D eigenvalue weighted by molar-refractivity contribution is -0.115. The first-order chi connectivity index (χ1) is 19.3. The zero-order valence-electron chi connectivity index (χ0n) is 22.0. The van der Waals surface area contributed by atoms with Gasteiger partial charge in [-0.15, -0.1) is 0 Å². The third-order valence-electron chi connectivity index (χ3n) is 6.79. The van der Waals surface area contributed by atoms with Gasteiger partial charge in [0.05, 0.1) is 28.8 Å².